The third-order valence-electron chi connectivity index (χ3n) is 3.02. The predicted octanol–water partition coefficient (Wildman–Crippen LogP) is 2.83. The SMILES string of the molecule is CC(CC(=O)c1c(Br)nnn1C)C(C)(C)C. The highest BCUT2D eigenvalue weighted by Crippen LogP contribution is 2.29. The number of hydrogen-bond acceptors (Lipinski definition) is 3. The minimum atomic E-state index is 0.0850. The van der Waals surface area contributed by atoms with Gasteiger partial charge in [-0.2, -0.15) is 0 Å². The Kier molecular flexibility index (Phi) is 3.88. The number of carbonyl (C=O) groups excluding carboxylic acids is 1. The molecule has 1 aromatic heterocycles. The Bertz CT molecular complexity index is 373. The molecule has 0 aliphatic heterocycles. The Morgan fingerprint density at radius 3 is 2.44 bits per heavy atom. The second-order valence-corrected chi connectivity index (χ2v) is 6.00. The number of aryl methyl sites for hydroxylation is 1. The summed E-state index contributed by atoms with van der Waals surface area (Å²) in [6.45, 7) is 8.51. The summed E-state index contributed by atoms with van der Waals surface area (Å²) in [6, 6.07) is 0. The Balaban J connectivity index is 2.82. The fraction of sp³-hybridized carbons (Fsp3) is 0.727. The maximum atomic E-state index is 12.1. The molecule has 4 nitrogen and oxygen atoms in total. The quantitative estimate of drug-likeness (QED) is 0.803. The van der Waals surface area contributed by atoms with E-state index in [9.17, 15) is 4.79 Å². The number of carbonyl (C=O) groups is 1. The summed E-state index contributed by atoms with van der Waals surface area (Å²) in [5, 5.41) is 7.62. The summed E-state index contributed by atoms with van der Waals surface area (Å²) in [5.74, 6) is 0.406. The molecule has 0 bridgehead atoms. The molecule has 1 unspecified atom stereocenters. The minimum Gasteiger partial charge on any atom is -0.292 e. The van der Waals surface area contributed by atoms with Gasteiger partial charge in [0.25, 0.3) is 0 Å². The van der Waals surface area contributed by atoms with E-state index in [1.807, 2.05) is 0 Å². The highest BCUT2D eigenvalue weighted by molar-refractivity contribution is 9.10. The van der Waals surface area contributed by atoms with E-state index in [2.05, 4.69) is 53.9 Å². The smallest absolute Gasteiger partial charge is 0.183 e. The van der Waals surface area contributed by atoms with Crippen LogP contribution in [0.25, 0.3) is 0 Å². The van der Waals surface area contributed by atoms with Crippen molar-refractivity contribution in [2.45, 2.75) is 34.1 Å². The van der Waals surface area contributed by atoms with Gasteiger partial charge in [-0.25, -0.2) is 4.68 Å². The van der Waals surface area contributed by atoms with Gasteiger partial charge in [0.15, 0.2) is 10.4 Å². The molecular weight excluding hydrogens is 270 g/mol. The van der Waals surface area contributed by atoms with Crippen molar-refractivity contribution in [1.82, 2.24) is 15.0 Å². The second kappa shape index (κ2) is 4.65. The monoisotopic (exact) mass is 287 g/mol. The van der Waals surface area contributed by atoms with Crippen molar-refractivity contribution in [2.75, 3.05) is 0 Å². The second-order valence-electron chi connectivity index (χ2n) is 5.25. The van der Waals surface area contributed by atoms with Crippen LogP contribution >= 0.6 is 15.9 Å². The first-order valence-electron chi connectivity index (χ1n) is 5.32. The molecule has 16 heavy (non-hydrogen) atoms. The Morgan fingerprint density at radius 2 is 2.06 bits per heavy atom. The zero-order valence-corrected chi connectivity index (χ0v) is 12.0. The molecule has 90 valence electrons. The van der Waals surface area contributed by atoms with E-state index in [1.54, 1.807) is 7.05 Å². The number of ketones is 1. The van der Waals surface area contributed by atoms with Crippen molar-refractivity contribution < 1.29 is 4.79 Å². The molecule has 5 heteroatoms. The van der Waals surface area contributed by atoms with E-state index in [0.717, 1.165) is 0 Å². The van der Waals surface area contributed by atoms with Crippen molar-refractivity contribution in [3.63, 3.8) is 0 Å². The summed E-state index contributed by atoms with van der Waals surface area (Å²) < 4.78 is 2.04. The average molecular weight is 288 g/mol. The lowest BCUT2D eigenvalue weighted by Crippen LogP contribution is -2.21. The summed E-state index contributed by atoms with van der Waals surface area (Å²) >= 11 is 3.24. The van der Waals surface area contributed by atoms with Gasteiger partial charge in [0.2, 0.25) is 0 Å². The molecule has 0 radical (unpaired) electrons. The highest BCUT2D eigenvalue weighted by Gasteiger charge is 2.25. The number of Topliss-reactive ketones (excluding diaryl/α,β-unsaturated/α-hetero) is 1. The molecule has 0 amide bonds. The van der Waals surface area contributed by atoms with Crippen LogP contribution in [-0.4, -0.2) is 20.8 Å². The van der Waals surface area contributed by atoms with Gasteiger partial charge in [-0.1, -0.05) is 32.9 Å². The maximum Gasteiger partial charge on any atom is 0.183 e. The Morgan fingerprint density at radius 1 is 1.50 bits per heavy atom. The summed E-state index contributed by atoms with van der Waals surface area (Å²) in [6.07, 6.45) is 0.517. The molecule has 0 aliphatic rings. The lowest BCUT2D eigenvalue weighted by Gasteiger charge is -2.26. The molecule has 1 heterocycles. The fourth-order valence-electron chi connectivity index (χ4n) is 1.31. The lowest BCUT2D eigenvalue weighted by atomic mass is 9.79. The number of rotatable bonds is 3. The Labute approximate surface area is 105 Å². The van der Waals surface area contributed by atoms with Crippen LogP contribution in [0.4, 0.5) is 0 Å². The third kappa shape index (κ3) is 2.90. The van der Waals surface area contributed by atoms with Crippen molar-refractivity contribution in [3.05, 3.63) is 10.3 Å². The molecule has 0 spiro atoms. The zero-order valence-electron chi connectivity index (χ0n) is 10.4. The van der Waals surface area contributed by atoms with Crippen molar-refractivity contribution in [1.29, 1.82) is 0 Å². The number of aromatic nitrogens is 3. The Hall–Kier alpha value is -0.710. The van der Waals surface area contributed by atoms with Gasteiger partial charge in [0, 0.05) is 13.5 Å². The normalized spacial score (nSPS) is 13.9. The predicted molar refractivity (Wildman–Crippen MR) is 66.3 cm³/mol. The molecule has 0 saturated carbocycles. The zero-order chi connectivity index (χ0) is 12.5. The van der Waals surface area contributed by atoms with Crippen molar-refractivity contribution >= 4 is 21.7 Å². The van der Waals surface area contributed by atoms with Gasteiger partial charge < -0.3 is 0 Å². The maximum absolute atomic E-state index is 12.1. The highest BCUT2D eigenvalue weighted by atomic mass is 79.9. The summed E-state index contributed by atoms with van der Waals surface area (Å²) in [7, 11) is 1.73. The molecule has 1 rings (SSSR count). The summed E-state index contributed by atoms with van der Waals surface area (Å²) in [5.41, 5.74) is 0.685. The van der Waals surface area contributed by atoms with E-state index in [0.29, 0.717) is 22.6 Å². The van der Waals surface area contributed by atoms with Crippen LogP contribution in [0.1, 0.15) is 44.6 Å². The molecule has 0 fully saturated rings. The van der Waals surface area contributed by atoms with Crippen molar-refractivity contribution in [2.24, 2.45) is 18.4 Å². The third-order valence-corrected chi connectivity index (χ3v) is 3.55. The first-order valence-corrected chi connectivity index (χ1v) is 6.11. The van der Waals surface area contributed by atoms with E-state index in [-0.39, 0.29) is 11.2 Å². The van der Waals surface area contributed by atoms with Crippen LogP contribution < -0.4 is 0 Å². The molecular formula is C11H18BrN3O. The first kappa shape index (κ1) is 13.4. The van der Waals surface area contributed by atoms with Gasteiger partial charge in [-0.05, 0) is 27.3 Å². The van der Waals surface area contributed by atoms with Crippen LogP contribution in [0.5, 0.6) is 0 Å². The molecule has 0 aromatic carbocycles. The van der Waals surface area contributed by atoms with E-state index < -0.39 is 0 Å². The van der Waals surface area contributed by atoms with Gasteiger partial charge in [-0.15, -0.1) is 5.10 Å². The molecule has 0 aliphatic carbocycles. The first-order chi connectivity index (χ1) is 7.23. The van der Waals surface area contributed by atoms with Gasteiger partial charge in [0.1, 0.15) is 5.69 Å². The van der Waals surface area contributed by atoms with E-state index in [4.69, 9.17) is 0 Å². The van der Waals surface area contributed by atoms with Crippen molar-refractivity contribution in [3.8, 4) is 0 Å². The molecule has 0 saturated heterocycles. The van der Waals surface area contributed by atoms with E-state index in [1.165, 1.54) is 4.68 Å². The number of nitrogens with zero attached hydrogens (tertiary/aromatic N) is 3. The summed E-state index contributed by atoms with van der Waals surface area (Å²) in [4.78, 5) is 12.1. The van der Waals surface area contributed by atoms with Crippen LogP contribution in [-0.2, 0) is 7.05 Å². The van der Waals surface area contributed by atoms with Crippen LogP contribution in [0.2, 0.25) is 0 Å². The minimum absolute atomic E-state index is 0.0850. The van der Waals surface area contributed by atoms with Gasteiger partial charge in [0.05, 0.1) is 0 Å². The van der Waals surface area contributed by atoms with Gasteiger partial charge >= 0.3 is 0 Å². The van der Waals surface area contributed by atoms with Crippen LogP contribution in [0, 0.1) is 11.3 Å². The molecule has 1 aromatic rings. The number of halogens is 1. The lowest BCUT2D eigenvalue weighted by molar-refractivity contribution is 0.0917. The average Bonchev–Trinajstić information content (AvgIpc) is 2.44. The largest absolute Gasteiger partial charge is 0.292 e. The standard InChI is InChI=1S/C11H18BrN3O/c1-7(11(2,3)4)6-8(16)9-10(12)13-14-15(9)5/h7H,6H2,1-5H3. The molecule has 0 N–H and O–H groups in total. The van der Waals surface area contributed by atoms with Crippen LogP contribution in [0.15, 0.2) is 4.60 Å². The van der Waals surface area contributed by atoms with Gasteiger partial charge in [-0.3, -0.25) is 4.79 Å². The van der Waals surface area contributed by atoms with E-state index >= 15 is 0 Å². The van der Waals surface area contributed by atoms with Crippen LogP contribution in [0.3, 0.4) is 0 Å². The number of hydrogen-bond donors (Lipinski definition) is 0. The topological polar surface area (TPSA) is 47.8 Å². The molecule has 1 atom stereocenters. The fourth-order valence-corrected chi connectivity index (χ4v) is 1.86.